The van der Waals surface area contributed by atoms with E-state index in [4.69, 9.17) is 4.74 Å². The third kappa shape index (κ3) is 5.58. The summed E-state index contributed by atoms with van der Waals surface area (Å²) in [5.74, 6) is -0.0657. The third-order valence-corrected chi connectivity index (χ3v) is 5.35. The van der Waals surface area contributed by atoms with E-state index in [-0.39, 0.29) is 18.0 Å². The standard InChI is InChI=1S/C22H28N2O3S/c1-22(2,3)27-21(26)24(17-10-11-17)14-7-13-23-20(25)19-18(12-15-28-19)16-8-5-4-6-9-16/h4-6,8-9,12,15,17H,7,10-11,13-14H2,1-3H3,(H,23,25). The van der Waals surface area contributed by atoms with Gasteiger partial charge in [-0.05, 0) is 57.0 Å². The Balaban J connectivity index is 1.51. The van der Waals surface area contributed by atoms with Crippen LogP contribution in [0.2, 0.25) is 0 Å². The fraction of sp³-hybridized carbons (Fsp3) is 0.455. The Kier molecular flexibility index (Phi) is 6.39. The van der Waals surface area contributed by atoms with E-state index in [0.717, 1.165) is 28.8 Å². The van der Waals surface area contributed by atoms with Crippen molar-refractivity contribution in [3.63, 3.8) is 0 Å². The second-order valence-electron chi connectivity index (χ2n) is 8.04. The highest BCUT2D eigenvalue weighted by molar-refractivity contribution is 7.12. The van der Waals surface area contributed by atoms with Crippen LogP contribution in [0.1, 0.15) is 49.7 Å². The number of hydrogen-bond donors (Lipinski definition) is 1. The smallest absolute Gasteiger partial charge is 0.410 e. The van der Waals surface area contributed by atoms with Gasteiger partial charge in [0.15, 0.2) is 0 Å². The number of rotatable bonds is 7. The first-order valence-electron chi connectivity index (χ1n) is 9.76. The molecule has 0 radical (unpaired) electrons. The highest BCUT2D eigenvalue weighted by atomic mass is 32.1. The maximum atomic E-state index is 12.6. The summed E-state index contributed by atoms with van der Waals surface area (Å²) in [6.07, 6.45) is 2.50. The molecule has 1 aliphatic rings. The molecule has 1 aromatic carbocycles. The molecule has 0 aliphatic heterocycles. The minimum atomic E-state index is -0.495. The fourth-order valence-electron chi connectivity index (χ4n) is 2.99. The van der Waals surface area contributed by atoms with Crippen LogP contribution in [0.3, 0.4) is 0 Å². The Labute approximate surface area is 170 Å². The van der Waals surface area contributed by atoms with E-state index in [2.05, 4.69) is 5.32 Å². The van der Waals surface area contributed by atoms with Gasteiger partial charge in [-0.2, -0.15) is 0 Å². The fourth-order valence-corrected chi connectivity index (χ4v) is 3.82. The molecule has 0 spiro atoms. The zero-order valence-electron chi connectivity index (χ0n) is 16.7. The van der Waals surface area contributed by atoms with Crippen molar-refractivity contribution in [2.75, 3.05) is 13.1 Å². The molecule has 0 saturated heterocycles. The minimum Gasteiger partial charge on any atom is -0.444 e. The van der Waals surface area contributed by atoms with Gasteiger partial charge in [-0.3, -0.25) is 4.79 Å². The Morgan fingerprint density at radius 1 is 1.18 bits per heavy atom. The predicted molar refractivity (Wildman–Crippen MR) is 113 cm³/mol. The maximum Gasteiger partial charge on any atom is 0.410 e. The van der Waals surface area contributed by atoms with Crippen LogP contribution in [0, 0.1) is 0 Å². The molecule has 1 heterocycles. The number of benzene rings is 1. The molecule has 2 aromatic rings. The number of amides is 2. The van der Waals surface area contributed by atoms with Crippen LogP contribution in [-0.4, -0.2) is 41.6 Å². The van der Waals surface area contributed by atoms with Crippen LogP contribution in [0.15, 0.2) is 41.8 Å². The predicted octanol–water partition coefficient (Wildman–Crippen LogP) is 4.93. The van der Waals surface area contributed by atoms with E-state index in [9.17, 15) is 9.59 Å². The molecule has 1 aliphatic carbocycles. The Hall–Kier alpha value is -2.34. The van der Waals surface area contributed by atoms with E-state index in [0.29, 0.717) is 19.5 Å². The van der Waals surface area contributed by atoms with E-state index in [1.807, 2.05) is 62.5 Å². The van der Waals surface area contributed by atoms with Crippen molar-refractivity contribution < 1.29 is 14.3 Å². The summed E-state index contributed by atoms with van der Waals surface area (Å²) in [6.45, 7) is 6.75. The Morgan fingerprint density at radius 2 is 1.89 bits per heavy atom. The summed E-state index contributed by atoms with van der Waals surface area (Å²) in [4.78, 5) is 27.5. The quantitative estimate of drug-likeness (QED) is 0.670. The number of ether oxygens (including phenoxy) is 1. The number of carbonyl (C=O) groups is 2. The molecule has 28 heavy (non-hydrogen) atoms. The molecule has 0 bridgehead atoms. The third-order valence-electron chi connectivity index (χ3n) is 4.43. The first kappa shape index (κ1) is 20.4. The second-order valence-corrected chi connectivity index (χ2v) is 8.96. The number of nitrogens with one attached hydrogen (secondary N) is 1. The largest absolute Gasteiger partial charge is 0.444 e. The van der Waals surface area contributed by atoms with E-state index in [1.165, 1.54) is 11.3 Å². The second kappa shape index (κ2) is 8.78. The van der Waals surface area contributed by atoms with Gasteiger partial charge >= 0.3 is 6.09 Å². The van der Waals surface area contributed by atoms with Crippen molar-refractivity contribution in [2.45, 2.75) is 51.7 Å². The molecular weight excluding hydrogens is 372 g/mol. The summed E-state index contributed by atoms with van der Waals surface area (Å²) in [6, 6.07) is 12.2. The van der Waals surface area contributed by atoms with Crippen molar-refractivity contribution in [3.8, 4) is 11.1 Å². The average molecular weight is 401 g/mol. The van der Waals surface area contributed by atoms with Gasteiger partial charge in [0.1, 0.15) is 5.60 Å². The minimum absolute atomic E-state index is 0.0657. The lowest BCUT2D eigenvalue weighted by Crippen LogP contribution is -2.39. The number of hydrogen-bond acceptors (Lipinski definition) is 4. The SMILES string of the molecule is CC(C)(C)OC(=O)N(CCCNC(=O)c1sccc1-c1ccccc1)C1CC1. The highest BCUT2D eigenvalue weighted by Crippen LogP contribution is 2.29. The van der Waals surface area contributed by atoms with Gasteiger partial charge in [0.05, 0.1) is 4.88 Å². The van der Waals surface area contributed by atoms with Gasteiger partial charge in [0, 0.05) is 24.7 Å². The number of nitrogens with zero attached hydrogens (tertiary/aromatic N) is 1. The zero-order valence-corrected chi connectivity index (χ0v) is 17.6. The lowest BCUT2D eigenvalue weighted by molar-refractivity contribution is 0.0232. The molecule has 3 rings (SSSR count). The van der Waals surface area contributed by atoms with Gasteiger partial charge in [-0.1, -0.05) is 30.3 Å². The molecule has 1 saturated carbocycles. The van der Waals surface area contributed by atoms with E-state index < -0.39 is 5.60 Å². The van der Waals surface area contributed by atoms with Gasteiger partial charge in [-0.15, -0.1) is 11.3 Å². The molecule has 1 N–H and O–H groups in total. The van der Waals surface area contributed by atoms with Crippen LogP contribution in [0.5, 0.6) is 0 Å². The summed E-state index contributed by atoms with van der Waals surface area (Å²) >= 11 is 1.45. The first-order valence-corrected chi connectivity index (χ1v) is 10.6. The van der Waals surface area contributed by atoms with Gasteiger partial charge in [0.2, 0.25) is 0 Å². The van der Waals surface area contributed by atoms with E-state index >= 15 is 0 Å². The van der Waals surface area contributed by atoms with Crippen LogP contribution < -0.4 is 5.32 Å². The lowest BCUT2D eigenvalue weighted by Gasteiger charge is -2.27. The summed E-state index contributed by atoms with van der Waals surface area (Å²) in [5, 5.41) is 4.93. The molecule has 0 atom stereocenters. The maximum absolute atomic E-state index is 12.6. The zero-order chi connectivity index (χ0) is 20.1. The van der Waals surface area contributed by atoms with Crippen molar-refractivity contribution in [1.82, 2.24) is 10.2 Å². The summed E-state index contributed by atoms with van der Waals surface area (Å²) < 4.78 is 5.50. The number of thiophene rings is 1. The van der Waals surface area contributed by atoms with Crippen molar-refractivity contribution in [3.05, 3.63) is 46.7 Å². The van der Waals surface area contributed by atoms with Crippen molar-refractivity contribution in [2.24, 2.45) is 0 Å². The molecule has 5 nitrogen and oxygen atoms in total. The van der Waals surface area contributed by atoms with Gasteiger partial charge < -0.3 is 15.0 Å². The van der Waals surface area contributed by atoms with Gasteiger partial charge in [0.25, 0.3) is 5.91 Å². The van der Waals surface area contributed by atoms with Crippen LogP contribution in [0.25, 0.3) is 11.1 Å². The monoisotopic (exact) mass is 400 g/mol. The van der Waals surface area contributed by atoms with Crippen LogP contribution in [-0.2, 0) is 4.74 Å². The van der Waals surface area contributed by atoms with Crippen LogP contribution >= 0.6 is 11.3 Å². The molecule has 0 unspecified atom stereocenters. The van der Waals surface area contributed by atoms with Gasteiger partial charge in [-0.25, -0.2) is 4.79 Å². The Morgan fingerprint density at radius 3 is 2.54 bits per heavy atom. The van der Waals surface area contributed by atoms with Crippen molar-refractivity contribution >= 4 is 23.3 Å². The lowest BCUT2D eigenvalue weighted by atomic mass is 10.1. The normalized spacial score (nSPS) is 13.8. The molecular formula is C22H28N2O3S. The number of carbonyl (C=O) groups excluding carboxylic acids is 2. The van der Waals surface area contributed by atoms with Crippen LogP contribution in [0.4, 0.5) is 4.79 Å². The Bertz CT molecular complexity index is 807. The first-order chi connectivity index (χ1) is 13.3. The molecule has 2 amide bonds. The summed E-state index contributed by atoms with van der Waals surface area (Å²) in [7, 11) is 0. The van der Waals surface area contributed by atoms with E-state index in [1.54, 1.807) is 4.90 Å². The topological polar surface area (TPSA) is 58.6 Å². The molecule has 1 fully saturated rings. The molecule has 150 valence electrons. The highest BCUT2D eigenvalue weighted by Gasteiger charge is 2.34. The molecule has 1 aromatic heterocycles. The molecule has 6 heteroatoms. The van der Waals surface area contributed by atoms with Crippen molar-refractivity contribution in [1.29, 1.82) is 0 Å². The average Bonchev–Trinajstić information content (AvgIpc) is 3.35. The summed E-state index contributed by atoms with van der Waals surface area (Å²) in [5.41, 5.74) is 1.50.